The van der Waals surface area contributed by atoms with Crippen LogP contribution in [-0.4, -0.2) is 21.1 Å². The van der Waals surface area contributed by atoms with Gasteiger partial charge in [-0.2, -0.15) is 13.1 Å². The third-order valence-electron chi connectivity index (χ3n) is 1.21. The van der Waals surface area contributed by atoms with Crippen molar-refractivity contribution in [1.29, 1.82) is 0 Å². The molecule has 0 unspecified atom stereocenters. The smallest absolute Gasteiger partial charge is 0.286 e. The summed E-state index contributed by atoms with van der Waals surface area (Å²) in [7, 11) is -3.40. The first-order chi connectivity index (χ1) is 5.14. The maximum absolute atomic E-state index is 10.9. The molecule has 0 aromatic heterocycles. The predicted octanol–water partition coefficient (Wildman–Crippen LogP) is -0.476. The van der Waals surface area contributed by atoms with E-state index in [1.54, 1.807) is 6.92 Å². The Labute approximate surface area is 66.3 Å². The third-order valence-corrected chi connectivity index (χ3v) is 2.19. The lowest BCUT2D eigenvalue weighted by molar-refractivity contribution is 0.104. The van der Waals surface area contributed by atoms with Crippen molar-refractivity contribution in [2.45, 2.75) is 25.8 Å². The van der Waals surface area contributed by atoms with Gasteiger partial charge in [-0.3, -0.25) is 4.84 Å². The molecule has 11 heavy (non-hydrogen) atoms. The second-order valence-electron chi connectivity index (χ2n) is 2.41. The van der Waals surface area contributed by atoms with Gasteiger partial charge in [0, 0.05) is 6.04 Å². The van der Waals surface area contributed by atoms with E-state index in [0.29, 0.717) is 6.61 Å². The molecule has 0 aromatic rings. The Kier molecular flexibility index (Phi) is 2.83. The van der Waals surface area contributed by atoms with Crippen molar-refractivity contribution in [2.24, 2.45) is 0 Å². The van der Waals surface area contributed by atoms with Gasteiger partial charge >= 0.3 is 0 Å². The summed E-state index contributed by atoms with van der Waals surface area (Å²) in [5, 5.41) is 0. The van der Waals surface area contributed by atoms with Crippen LogP contribution in [0.5, 0.6) is 0 Å². The van der Waals surface area contributed by atoms with E-state index in [2.05, 4.69) is 9.56 Å². The second-order valence-corrected chi connectivity index (χ2v) is 3.82. The van der Waals surface area contributed by atoms with Crippen LogP contribution in [0.4, 0.5) is 0 Å². The Morgan fingerprint density at radius 2 is 2.18 bits per heavy atom. The molecule has 1 aliphatic carbocycles. The zero-order valence-electron chi connectivity index (χ0n) is 6.33. The highest BCUT2D eigenvalue weighted by Gasteiger charge is 2.26. The maximum Gasteiger partial charge on any atom is 0.299 e. The molecule has 0 radical (unpaired) electrons. The molecule has 0 aromatic carbocycles. The summed E-state index contributed by atoms with van der Waals surface area (Å²) in [6.45, 7) is 2.03. The average molecular weight is 180 g/mol. The first-order valence-electron chi connectivity index (χ1n) is 3.55. The van der Waals surface area contributed by atoms with E-state index >= 15 is 0 Å². The summed E-state index contributed by atoms with van der Waals surface area (Å²) in [4.78, 5) is 6.47. The van der Waals surface area contributed by atoms with Gasteiger partial charge in [-0.25, -0.2) is 0 Å². The molecule has 0 aliphatic heterocycles. The number of hydrogen-bond acceptors (Lipinski definition) is 3. The quantitative estimate of drug-likeness (QED) is 0.562. The summed E-state index contributed by atoms with van der Waals surface area (Å²) < 4.78 is 24.2. The summed E-state index contributed by atoms with van der Waals surface area (Å²) in [5.74, 6) is 0. The van der Waals surface area contributed by atoms with Crippen LogP contribution in [0.25, 0.3) is 0 Å². The van der Waals surface area contributed by atoms with Crippen LogP contribution in [0.15, 0.2) is 0 Å². The molecule has 0 saturated heterocycles. The van der Waals surface area contributed by atoms with Gasteiger partial charge in [0.05, 0.1) is 6.61 Å². The van der Waals surface area contributed by atoms with E-state index in [1.807, 2.05) is 4.89 Å². The van der Waals surface area contributed by atoms with Crippen LogP contribution in [0, 0.1) is 0 Å². The van der Waals surface area contributed by atoms with Crippen LogP contribution < -0.4 is 9.61 Å². The molecule has 1 saturated carbocycles. The molecule has 2 N–H and O–H groups in total. The Bertz CT molecular complexity index is 210. The predicted molar refractivity (Wildman–Crippen MR) is 39.8 cm³/mol. The van der Waals surface area contributed by atoms with Crippen LogP contribution in [0.3, 0.4) is 0 Å². The molecule has 5 nitrogen and oxygen atoms in total. The molecule has 0 heterocycles. The zero-order chi connectivity index (χ0) is 8.32. The minimum absolute atomic E-state index is 0.118. The van der Waals surface area contributed by atoms with Crippen molar-refractivity contribution < 1.29 is 13.3 Å². The summed E-state index contributed by atoms with van der Waals surface area (Å²) in [5.41, 5.74) is 0. The van der Waals surface area contributed by atoms with Crippen molar-refractivity contribution in [2.75, 3.05) is 6.61 Å². The minimum atomic E-state index is -3.40. The SMILES string of the molecule is CCONS(=O)(=O)NC1CC1. The fraction of sp³-hybridized carbons (Fsp3) is 1.00. The van der Waals surface area contributed by atoms with E-state index in [1.165, 1.54) is 0 Å². The zero-order valence-corrected chi connectivity index (χ0v) is 7.15. The molecule has 0 amide bonds. The lowest BCUT2D eigenvalue weighted by Crippen LogP contribution is -2.37. The second kappa shape index (κ2) is 3.48. The lowest BCUT2D eigenvalue weighted by Gasteiger charge is -2.04. The Hall–Kier alpha value is -0.170. The molecule has 0 spiro atoms. The van der Waals surface area contributed by atoms with Crippen LogP contribution in [0.1, 0.15) is 19.8 Å². The number of rotatable bonds is 5. The molecule has 1 fully saturated rings. The molecule has 1 aliphatic rings. The van der Waals surface area contributed by atoms with Crippen LogP contribution in [0.2, 0.25) is 0 Å². The Morgan fingerprint density at radius 1 is 1.55 bits per heavy atom. The van der Waals surface area contributed by atoms with Gasteiger partial charge in [-0.15, -0.1) is 0 Å². The molecular weight excluding hydrogens is 168 g/mol. The first kappa shape index (κ1) is 8.92. The van der Waals surface area contributed by atoms with Gasteiger partial charge in [-0.05, 0) is 19.8 Å². The Morgan fingerprint density at radius 3 is 2.64 bits per heavy atom. The van der Waals surface area contributed by atoms with Crippen LogP contribution >= 0.6 is 0 Å². The maximum atomic E-state index is 10.9. The topological polar surface area (TPSA) is 67.4 Å². The van der Waals surface area contributed by atoms with Crippen LogP contribution in [-0.2, 0) is 15.0 Å². The summed E-state index contributed by atoms with van der Waals surface area (Å²) >= 11 is 0. The third kappa shape index (κ3) is 3.66. The largest absolute Gasteiger partial charge is 0.299 e. The fourth-order valence-electron chi connectivity index (χ4n) is 0.581. The molecule has 1 rings (SSSR count). The average Bonchev–Trinajstić information content (AvgIpc) is 2.67. The highest BCUT2D eigenvalue weighted by Crippen LogP contribution is 2.19. The van der Waals surface area contributed by atoms with E-state index in [-0.39, 0.29) is 6.04 Å². The van der Waals surface area contributed by atoms with Crippen molar-refractivity contribution in [3.8, 4) is 0 Å². The fourth-order valence-corrected chi connectivity index (χ4v) is 1.58. The van der Waals surface area contributed by atoms with Gasteiger partial charge in [0.15, 0.2) is 0 Å². The minimum Gasteiger partial charge on any atom is -0.286 e. The summed E-state index contributed by atoms with van der Waals surface area (Å²) in [6, 6.07) is 0.118. The van der Waals surface area contributed by atoms with Gasteiger partial charge in [-0.1, -0.05) is 4.89 Å². The van der Waals surface area contributed by atoms with Crippen molar-refractivity contribution in [3.05, 3.63) is 0 Å². The van der Waals surface area contributed by atoms with Crippen molar-refractivity contribution >= 4 is 10.2 Å². The number of hydrogen-bond donors (Lipinski definition) is 2. The standard InChI is InChI=1S/C5H12N2O3S/c1-2-10-7-11(8,9)6-5-3-4-5/h5-7H,2-4H2,1H3. The monoisotopic (exact) mass is 180 g/mol. The van der Waals surface area contributed by atoms with Gasteiger partial charge in [0.1, 0.15) is 0 Å². The van der Waals surface area contributed by atoms with E-state index < -0.39 is 10.2 Å². The highest BCUT2D eigenvalue weighted by atomic mass is 32.2. The Balaban J connectivity index is 2.26. The highest BCUT2D eigenvalue weighted by molar-refractivity contribution is 7.87. The molecule has 0 bridgehead atoms. The molecule has 66 valence electrons. The van der Waals surface area contributed by atoms with Gasteiger partial charge < -0.3 is 0 Å². The lowest BCUT2D eigenvalue weighted by atomic mass is 10.8. The van der Waals surface area contributed by atoms with Gasteiger partial charge in [0.25, 0.3) is 10.2 Å². The van der Waals surface area contributed by atoms with E-state index in [4.69, 9.17) is 0 Å². The van der Waals surface area contributed by atoms with Crippen molar-refractivity contribution in [1.82, 2.24) is 9.61 Å². The molecule has 0 atom stereocenters. The summed E-state index contributed by atoms with van der Waals surface area (Å²) in [6.07, 6.45) is 1.85. The van der Waals surface area contributed by atoms with E-state index in [0.717, 1.165) is 12.8 Å². The first-order valence-corrected chi connectivity index (χ1v) is 5.03. The number of nitrogens with one attached hydrogen (secondary N) is 2. The van der Waals surface area contributed by atoms with E-state index in [9.17, 15) is 8.42 Å². The van der Waals surface area contributed by atoms with Crippen molar-refractivity contribution in [3.63, 3.8) is 0 Å². The normalized spacial score (nSPS) is 18.6. The van der Waals surface area contributed by atoms with Gasteiger partial charge in [0.2, 0.25) is 0 Å². The molecule has 6 heteroatoms. The molecular formula is C5H12N2O3S.